The smallest absolute Gasteiger partial charge is 0.340 e. The van der Waals surface area contributed by atoms with E-state index in [4.69, 9.17) is 9.47 Å². The van der Waals surface area contributed by atoms with Gasteiger partial charge < -0.3 is 19.4 Å². The van der Waals surface area contributed by atoms with Gasteiger partial charge in [-0.15, -0.1) is 0 Å². The monoisotopic (exact) mass is 401 g/mol. The van der Waals surface area contributed by atoms with E-state index in [0.717, 1.165) is 37.1 Å². The van der Waals surface area contributed by atoms with Gasteiger partial charge >= 0.3 is 5.97 Å². The lowest BCUT2D eigenvalue weighted by molar-refractivity contribution is -0.117. The second-order valence-electron chi connectivity index (χ2n) is 7.52. The molecule has 0 atom stereocenters. The second-order valence-corrected chi connectivity index (χ2v) is 7.52. The number of nitrogens with zero attached hydrogens (tertiary/aromatic N) is 2. The van der Waals surface area contributed by atoms with E-state index in [-0.39, 0.29) is 12.5 Å². The van der Waals surface area contributed by atoms with Gasteiger partial charge in [0.1, 0.15) is 5.75 Å². The first-order chi connectivity index (χ1) is 14.0. The van der Waals surface area contributed by atoms with Gasteiger partial charge in [0.05, 0.1) is 37.0 Å². The summed E-state index contributed by atoms with van der Waals surface area (Å²) in [5.74, 6) is 0.0266. The Labute approximate surface area is 171 Å². The van der Waals surface area contributed by atoms with Gasteiger partial charge in [0.2, 0.25) is 5.91 Å². The number of nitrogens with one attached hydrogen (secondary N) is 1. The summed E-state index contributed by atoms with van der Waals surface area (Å²) in [7, 11) is 3.46. The fourth-order valence-electron chi connectivity index (χ4n) is 4.06. The predicted molar refractivity (Wildman–Crippen MR) is 114 cm³/mol. The van der Waals surface area contributed by atoms with Crippen LogP contribution in [0.15, 0.2) is 12.1 Å². The molecule has 29 heavy (non-hydrogen) atoms. The molecule has 0 aliphatic carbocycles. The van der Waals surface area contributed by atoms with Crippen LogP contribution >= 0.6 is 0 Å². The van der Waals surface area contributed by atoms with Gasteiger partial charge in [0.15, 0.2) is 0 Å². The summed E-state index contributed by atoms with van der Waals surface area (Å²) in [6, 6.07) is 3.71. The summed E-state index contributed by atoms with van der Waals surface area (Å²) in [5.41, 5.74) is 2.62. The highest BCUT2D eigenvalue weighted by Gasteiger charge is 2.25. The number of carbonyl (C=O) groups is 2. The zero-order chi connectivity index (χ0) is 21.0. The first kappa shape index (κ1) is 21.2. The van der Waals surface area contributed by atoms with Crippen LogP contribution in [0, 0.1) is 6.92 Å². The number of aryl methyl sites for hydroxylation is 1. The standard InChI is InChI=1S/C22H31N3O4/c1-5-29-22(27)19-15(2)24(3)16-10-11-17(28-4)21(20(16)19)23-18(26)14-25-12-8-6-7-9-13-25/h10-11H,5-9,12-14H2,1-4H3,(H,23,26). The minimum Gasteiger partial charge on any atom is -0.495 e. The van der Waals surface area contributed by atoms with Gasteiger partial charge in [-0.3, -0.25) is 9.69 Å². The average molecular weight is 402 g/mol. The molecular formula is C22H31N3O4. The Morgan fingerprint density at radius 1 is 1.14 bits per heavy atom. The fourth-order valence-corrected chi connectivity index (χ4v) is 4.06. The van der Waals surface area contributed by atoms with Gasteiger partial charge in [-0.05, 0) is 51.9 Å². The molecule has 1 N–H and O–H groups in total. The molecule has 0 unspecified atom stereocenters. The Balaban J connectivity index is 1.99. The van der Waals surface area contributed by atoms with Crippen molar-refractivity contribution in [2.45, 2.75) is 39.5 Å². The van der Waals surface area contributed by atoms with E-state index in [1.807, 2.05) is 30.7 Å². The Morgan fingerprint density at radius 3 is 2.45 bits per heavy atom. The van der Waals surface area contributed by atoms with E-state index in [1.54, 1.807) is 14.0 Å². The Bertz CT molecular complexity index is 895. The summed E-state index contributed by atoms with van der Waals surface area (Å²) in [5, 5.41) is 3.68. The summed E-state index contributed by atoms with van der Waals surface area (Å²) in [6.07, 6.45) is 4.68. The summed E-state index contributed by atoms with van der Waals surface area (Å²) in [4.78, 5) is 27.8. The molecule has 2 heterocycles. The number of rotatable bonds is 6. The van der Waals surface area contributed by atoms with Crippen LogP contribution in [0.25, 0.3) is 10.9 Å². The molecule has 1 saturated heterocycles. The van der Waals surface area contributed by atoms with Crippen LogP contribution in [-0.2, 0) is 16.6 Å². The molecule has 0 radical (unpaired) electrons. The van der Waals surface area contributed by atoms with E-state index < -0.39 is 5.97 Å². The van der Waals surface area contributed by atoms with Crippen LogP contribution < -0.4 is 10.1 Å². The van der Waals surface area contributed by atoms with Crippen LogP contribution in [0.1, 0.15) is 48.7 Å². The molecule has 1 aliphatic rings. The highest BCUT2D eigenvalue weighted by Crippen LogP contribution is 2.38. The summed E-state index contributed by atoms with van der Waals surface area (Å²) < 4.78 is 12.7. The van der Waals surface area contributed by atoms with Gasteiger partial charge in [-0.1, -0.05) is 12.8 Å². The lowest BCUT2D eigenvalue weighted by Gasteiger charge is -2.20. The average Bonchev–Trinajstić information content (AvgIpc) is 2.85. The van der Waals surface area contributed by atoms with Crippen molar-refractivity contribution in [2.24, 2.45) is 7.05 Å². The van der Waals surface area contributed by atoms with Gasteiger partial charge in [-0.2, -0.15) is 0 Å². The third-order valence-corrected chi connectivity index (χ3v) is 5.65. The van der Waals surface area contributed by atoms with Crippen molar-refractivity contribution in [1.29, 1.82) is 0 Å². The van der Waals surface area contributed by atoms with Crippen LogP contribution in [0.2, 0.25) is 0 Å². The van der Waals surface area contributed by atoms with E-state index >= 15 is 0 Å². The number of hydrogen-bond acceptors (Lipinski definition) is 5. The molecule has 3 rings (SSSR count). The normalized spacial score (nSPS) is 15.2. The molecule has 1 aromatic heterocycles. The van der Waals surface area contributed by atoms with Gasteiger partial charge in [0, 0.05) is 18.1 Å². The third kappa shape index (κ3) is 4.40. The number of benzene rings is 1. The maximum atomic E-state index is 12.9. The minimum atomic E-state index is -0.396. The molecular weight excluding hydrogens is 370 g/mol. The number of fused-ring (bicyclic) bond motifs is 1. The van der Waals surface area contributed by atoms with Crippen molar-refractivity contribution in [3.05, 3.63) is 23.4 Å². The number of likely N-dealkylation sites (tertiary alicyclic amines) is 1. The number of anilines is 1. The van der Waals surface area contributed by atoms with Crippen molar-refractivity contribution in [1.82, 2.24) is 9.47 Å². The fraction of sp³-hybridized carbons (Fsp3) is 0.545. The maximum Gasteiger partial charge on any atom is 0.340 e. The number of ether oxygens (including phenoxy) is 2. The number of amides is 1. The third-order valence-electron chi connectivity index (χ3n) is 5.65. The number of hydrogen-bond donors (Lipinski definition) is 1. The summed E-state index contributed by atoms with van der Waals surface area (Å²) >= 11 is 0. The SMILES string of the molecule is CCOC(=O)c1c(C)n(C)c2ccc(OC)c(NC(=O)CN3CCCCCC3)c12. The van der Waals surface area contributed by atoms with Crippen molar-refractivity contribution >= 4 is 28.5 Å². The van der Waals surface area contributed by atoms with E-state index in [1.165, 1.54) is 12.8 Å². The molecule has 0 spiro atoms. The quantitative estimate of drug-likeness (QED) is 0.750. The highest BCUT2D eigenvalue weighted by atomic mass is 16.5. The van der Waals surface area contributed by atoms with Crippen LogP contribution in [0.4, 0.5) is 5.69 Å². The molecule has 2 aromatic rings. The number of methoxy groups -OCH3 is 1. The Morgan fingerprint density at radius 2 is 1.83 bits per heavy atom. The number of aromatic nitrogens is 1. The van der Waals surface area contributed by atoms with E-state index in [9.17, 15) is 9.59 Å². The zero-order valence-electron chi connectivity index (χ0n) is 17.8. The zero-order valence-corrected chi connectivity index (χ0v) is 17.8. The highest BCUT2D eigenvalue weighted by molar-refractivity contribution is 6.14. The first-order valence-corrected chi connectivity index (χ1v) is 10.3. The molecule has 1 aromatic carbocycles. The van der Waals surface area contributed by atoms with E-state index in [0.29, 0.717) is 28.9 Å². The van der Waals surface area contributed by atoms with Crippen molar-refractivity contribution < 1.29 is 19.1 Å². The molecule has 1 aliphatic heterocycles. The van der Waals surface area contributed by atoms with Crippen molar-refractivity contribution in [3.63, 3.8) is 0 Å². The molecule has 1 fully saturated rings. The molecule has 1 amide bonds. The number of esters is 1. The Hall–Kier alpha value is -2.54. The van der Waals surface area contributed by atoms with Gasteiger partial charge in [-0.25, -0.2) is 4.79 Å². The molecule has 158 valence electrons. The molecule has 7 heteroatoms. The second kappa shape index (κ2) is 9.31. The lowest BCUT2D eigenvalue weighted by Crippen LogP contribution is -2.34. The van der Waals surface area contributed by atoms with Crippen molar-refractivity contribution in [3.8, 4) is 5.75 Å². The molecule has 7 nitrogen and oxygen atoms in total. The topological polar surface area (TPSA) is 72.8 Å². The maximum absolute atomic E-state index is 12.9. The Kier molecular flexibility index (Phi) is 6.79. The summed E-state index contributed by atoms with van der Waals surface area (Å²) in [6.45, 7) is 6.15. The van der Waals surface area contributed by atoms with Crippen LogP contribution in [0.3, 0.4) is 0 Å². The minimum absolute atomic E-state index is 0.103. The predicted octanol–water partition coefficient (Wildman–Crippen LogP) is 3.49. The van der Waals surface area contributed by atoms with Crippen LogP contribution in [-0.4, -0.2) is 54.7 Å². The van der Waals surface area contributed by atoms with Crippen molar-refractivity contribution in [2.75, 3.05) is 38.7 Å². The largest absolute Gasteiger partial charge is 0.495 e. The van der Waals surface area contributed by atoms with E-state index in [2.05, 4.69) is 10.2 Å². The lowest BCUT2D eigenvalue weighted by atomic mass is 10.1. The van der Waals surface area contributed by atoms with Crippen LogP contribution in [0.5, 0.6) is 5.75 Å². The molecule has 0 saturated carbocycles. The number of carbonyl (C=O) groups excluding carboxylic acids is 2. The molecule has 0 bridgehead atoms. The van der Waals surface area contributed by atoms with Gasteiger partial charge in [0.25, 0.3) is 0 Å². The first-order valence-electron chi connectivity index (χ1n) is 10.3.